The van der Waals surface area contributed by atoms with Gasteiger partial charge in [-0.25, -0.2) is 9.67 Å². The first kappa shape index (κ1) is 18.8. The van der Waals surface area contributed by atoms with Gasteiger partial charge in [-0.1, -0.05) is 12.1 Å². The van der Waals surface area contributed by atoms with Crippen molar-refractivity contribution in [1.29, 1.82) is 0 Å². The number of thiazole rings is 1. The molecular weight excluding hydrogens is 388 g/mol. The van der Waals surface area contributed by atoms with Crippen molar-refractivity contribution in [3.63, 3.8) is 0 Å². The number of amides is 1. The van der Waals surface area contributed by atoms with E-state index in [0.717, 1.165) is 33.1 Å². The monoisotopic (exact) mass is 406 g/mol. The first-order valence-corrected chi connectivity index (χ1v) is 9.68. The van der Waals surface area contributed by atoms with Crippen molar-refractivity contribution < 1.29 is 9.53 Å². The lowest BCUT2D eigenvalue weighted by molar-refractivity contribution is -0.115. The number of rotatable bonds is 6. The van der Waals surface area contributed by atoms with Gasteiger partial charge in [-0.2, -0.15) is 0 Å². The molecule has 0 radical (unpaired) electrons. The molecule has 2 heterocycles. The maximum atomic E-state index is 12.4. The molecule has 146 valence electrons. The van der Waals surface area contributed by atoms with Gasteiger partial charge in [0.25, 0.3) is 0 Å². The van der Waals surface area contributed by atoms with E-state index in [9.17, 15) is 4.79 Å². The zero-order valence-electron chi connectivity index (χ0n) is 15.9. The van der Waals surface area contributed by atoms with Crippen LogP contribution in [0, 0.1) is 6.92 Å². The average molecular weight is 406 g/mol. The second kappa shape index (κ2) is 8.19. The van der Waals surface area contributed by atoms with Gasteiger partial charge in [-0.15, -0.1) is 16.4 Å². The number of nitrogens with zero attached hydrogens (tertiary/aromatic N) is 5. The Labute approximate surface area is 171 Å². The maximum Gasteiger partial charge on any atom is 0.230 e. The topological polar surface area (TPSA) is 94.8 Å². The number of anilines is 1. The van der Waals surface area contributed by atoms with Crippen LogP contribution in [0.3, 0.4) is 0 Å². The smallest absolute Gasteiger partial charge is 0.230 e. The summed E-state index contributed by atoms with van der Waals surface area (Å²) in [6.45, 7) is 1.99. The zero-order chi connectivity index (χ0) is 20.2. The van der Waals surface area contributed by atoms with Gasteiger partial charge in [0, 0.05) is 10.4 Å². The second-order valence-electron chi connectivity index (χ2n) is 6.30. The van der Waals surface area contributed by atoms with Crippen LogP contribution in [0.25, 0.3) is 16.9 Å². The van der Waals surface area contributed by atoms with E-state index in [1.165, 1.54) is 17.7 Å². The molecule has 2 aromatic carbocycles. The van der Waals surface area contributed by atoms with Crippen molar-refractivity contribution >= 4 is 22.4 Å². The van der Waals surface area contributed by atoms with Gasteiger partial charge >= 0.3 is 0 Å². The van der Waals surface area contributed by atoms with Crippen molar-refractivity contribution in [2.45, 2.75) is 13.3 Å². The fourth-order valence-corrected chi connectivity index (χ4v) is 3.71. The van der Waals surface area contributed by atoms with Crippen molar-refractivity contribution in [2.75, 3.05) is 12.4 Å². The van der Waals surface area contributed by atoms with Gasteiger partial charge in [0.1, 0.15) is 12.1 Å². The summed E-state index contributed by atoms with van der Waals surface area (Å²) in [4.78, 5) is 18.1. The Hall–Kier alpha value is -3.59. The number of aromatic nitrogens is 5. The number of aryl methyl sites for hydroxylation is 1. The molecule has 0 bridgehead atoms. The highest BCUT2D eigenvalue weighted by molar-refractivity contribution is 7.16. The van der Waals surface area contributed by atoms with Crippen LogP contribution in [0.15, 0.2) is 54.9 Å². The number of ether oxygens (including phenoxy) is 1. The number of benzene rings is 2. The fourth-order valence-electron chi connectivity index (χ4n) is 2.86. The Morgan fingerprint density at radius 1 is 1.14 bits per heavy atom. The first-order valence-electron chi connectivity index (χ1n) is 8.86. The normalized spacial score (nSPS) is 10.7. The van der Waals surface area contributed by atoms with E-state index in [4.69, 9.17) is 4.74 Å². The van der Waals surface area contributed by atoms with Gasteiger partial charge in [0.15, 0.2) is 5.13 Å². The number of tetrazole rings is 1. The van der Waals surface area contributed by atoms with E-state index in [0.29, 0.717) is 5.13 Å². The highest BCUT2D eigenvalue weighted by Crippen LogP contribution is 2.31. The minimum Gasteiger partial charge on any atom is -0.497 e. The number of methoxy groups -OCH3 is 1. The molecule has 1 amide bonds. The minimum atomic E-state index is -0.116. The summed E-state index contributed by atoms with van der Waals surface area (Å²) in [5, 5.41) is 14.5. The van der Waals surface area contributed by atoms with Crippen LogP contribution in [0.2, 0.25) is 0 Å². The van der Waals surface area contributed by atoms with Gasteiger partial charge in [0.05, 0.1) is 24.9 Å². The van der Waals surface area contributed by atoms with E-state index < -0.39 is 0 Å². The van der Waals surface area contributed by atoms with Gasteiger partial charge in [0.2, 0.25) is 5.91 Å². The number of carbonyl (C=O) groups is 1. The summed E-state index contributed by atoms with van der Waals surface area (Å²) in [5.74, 6) is 0.677. The zero-order valence-corrected chi connectivity index (χ0v) is 16.7. The molecule has 0 aliphatic heterocycles. The van der Waals surface area contributed by atoms with Crippen LogP contribution < -0.4 is 10.1 Å². The van der Waals surface area contributed by atoms with Crippen LogP contribution in [-0.2, 0) is 11.2 Å². The molecule has 29 heavy (non-hydrogen) atoms. The summed E-state index contributed by atoms with van der Waals surface area (Å²) in [6, 6.07) is 15.2. The third-order valence-corrected chi connectivity index (χ3v) is 5.21. The molecule has 1 N–H and O–H groups in total. The predicted octanol–water partition coefficient (Wildman–Crippen LogP) is 3.28. The van der Waals surface area contributed by atoms with Crippen LogP contribution in [0.4, 0.5) is 5.13 Å². The standard InChI is InChI=1S/C20H18N6O2S/c1-13-19(15-5-9-17(28-2)10-6-15)23-20(29-13)22-18(27)11-14-3-7-16(8-4-14)26-12-21-24-25-26/h3-10,12H,11H2,1-2H3,(H,22,23,27). The van der Waals surface area contributed by atoms with Crippen molar-refractivity contribution in [2.24, 2.45) is 0 Å². The van der Waals surface area contributed by atoms with Crippen LogP contribution in [-0.4, -0.2) is 38.2 Å². The van der Waals surface area contributed by atoms with Crippen LogP contribution in [0.5, 0.6) is 5.75 Å². The molecule has 0 saturated heterocycles. The molecule has 0 aliphatic carbocycles. The summed E-state index contributed by atoms with van der Waals surface area (Å²) in [6.07, 6.45) is 1.78. The predicted molar refractivity (Wildman–Crippen MR) is 110 cm³/mol. The maximum absolute atomic E-state index is 12.4. The molecule has 0 fully saturated rings. The molecule has 0 spiro atoms. The third kappa shape index (κ3) is 4.30. The summed E-state index contributed by atoms with van der Waals surface area (Å²) >= 11 is 1.46. The quantitative estimate of drug-likeness (QED) is 0.528. The van der Waals surface area contributed by atoms with Crippen LogP contribution >= 0.6 is 11.3 Å². The third-order valence-electron chi connectivity index (χ3n) is 4.32. The van der Waals surface area contributed by atoms with E-state index >= 15 is 0 Å². The molecule has 4 aromatic rings. The lowest BCUT2D eigenvalue weighted by Crippen LogP contribution is -2.14. The van der Waals surface area contributed by atoms with Gasteiger partial charge in [-0.05, 0) is 59.3 Å². The minimum absolute atomic E-state index is 0.116. The molecular formula is C20H18N6O2S. The Morgan fingerprint density at radius 3 is 2.55 bits per heavy atom. The Morgan fingerprint density at radius 2 is 1.90 bits per heavy atom. The highest BCUT2D eigenvalue weighted by Gasteiger charge is 2.13. The number of hydrogen-bond donors (Lipinski definition) is 1. The lowest BCUT2D eigenvalue weighted by Gasteiger charge is -2.04. The summed E-state index contributed by atoms with van der Waals surface area (Å²) in [5.41, 5.74) is 3.57. The second-order valence-corrected chi connectivity index (χ2v) is 7.50. The molecule has 0 aliphatic rings. The Bertz CT molecular complexity index is 1110. The van der Waals surface area contributed by atoms with Crippen LogP contribution in [0.1, 0.15) is 10.4 Å². The lowest BCUT2D eigenvalue weighted by atomic mass is 10.1. The molecule has 2 aromatic heterocycles. The average Bonchev–Trinajstić information content (AvgIpc) is 3.39. The van der Waals surface area contributed by atoms with Gasteiger partial charge in [-0.3, -0.25) is 4.79 Å². The first-order chi connectivity index (χ1) is 14.1. The highest BCUT2D eigenvalue weighted by atomic mass is 32.1. The van der Waals surface area contributed by atoms with Crippen molar-refractivity contribution in [3.8, 4) is 22.7 Å². The number of carbonyl (C=O) groups excluding carboxylic acids is 1. The van der Waals surface area contributed by atoms with E-state index in [-0.39, 0.29) is 12.3 Å². The van der Waals surface area contributed by atoms with E-state index in [2.05, 4.69) is 25.8 Å². The van der Waals surface area contributed by atoms with E-state index in [1.807, 2.05) is 55.5 Å². The fraction of sp³-hybridized carbons (Fsp3) is 0.150. The molecule has 0 unspecified atom stereocenters. The molecule has 9 heteroatoms. The van der Waals surface area contributed by atoms with Crippen molar-refractivity contribution in [1.82, 2.24) is 25.2 Å². The number of nitrogens with one attached hydrogen (secondary N) is 1. The Kier molecular flexibility index (Phi) is 5.30. The largest absolute Gasteiger partial charge is 0.497 e. The molecule has 4 rings (SSSR count). The van der Waals surface area contributed by atoms with Crippen molar-refractivity contribution in [3.05, 3.63) is 65.3 Å². The summed E-state index contributed by atoms with van der Waals surface area (Å²) < 4.78 is 6.75. The summed E-state index contributed by atoms with van der Waals surface area (Å²) in [7, 11) is 1.64. The number of hydrogen-bond acceptors (Lipinski definition) is 7. The van der Waals surface area contributed by atoms with Gasteiger partial charge < -0.3 is 10.1 Å². The SMILES string of the molecule is COc1ccc(-c2nc(NC(=O)Cc3ccc(-n4cnnn4)cc3)sc2C)cc1. The molecule has 0 atom stereocenters. The molecule has 8 nitrogen and oxygen atoms in total. The molecule has 0 saturated carbocycles. The Balaban J connectivity index is 1.42. The van der Waals surface area contributed by atoms with E-state index in [1.54, 1.807) is 11.8 Å².